The molecule has 1 aliphatic heterocycles. The molecule has 4 nitrogen and oxygen atoms in total. The lowest BCUT2D eigenvalue weighted by Gasteiger charge is -2.33. The highest BCUT2D eigenvalue weighted by atomic mass is 16.5. The molecule has 0 aromatic carbocycles. The van der Waals surface area contributed by atoms with E-state index in [0.717, 1.165) is 25.9 Å². The first-order valence-corrected chi connectivity index (χ1v) is 6.05. The molecule has 2 N–H and O–H groups in total. The minimum atomic E-state index is -0.00870. The second kappa shape index (κ2) is 4.97. The molecule has 1 amide bonds. The van der Waals surface area contributed by atoms with Crippen molar-refractivity contribution >= 4 is 5.91 Å². The van der Waals surface area contributed by atoms with E-state index in [2.05, 4.69) is 6.92 Å². The van der Waals surface area contributed by atoms with Crippen molar-refractivity contribution in [3.8, 4) is 0 Å². The van der Waals surface area contributed by atoms with Crippen molar-refractivity contribution in [3.63, 3.8) is 0 Å². The number of hydrogen-bond donors (Lipinski definition) is 1. The van der Waals surface area contributed by atoms with Gasteiger partial charge in [0.15, 0.2) is 0 Å². The van der Waals surface area contributed by atoms with Crippen LogP contribution in [-0.2, 0) is 9.53 Å². The lowest BCUT2D eigenvalue weighted by atomic mass is 10.1. The summed E-state index contributed by atoms with van der Waals surface area (Å²) < 4.78 is 5.55. The maximum absolute atomic E-state index is 12.2. The third-order valence-corrected chi connectivity index (χ3v) is 3.34. The van der Waals surface area contributed by atoms with E-state index in [1.165, 1.54) is 0 Å². The number of nitrogens with two attached hydrogens (primary N) is 1. The highest BCUT2D eigenvalue weighted by Crippen LogP contribution is 2.20. The topological polar surface area (TPSA) is 55.6 Å². The first kappa shape index (κ1) is 11.6. The summed E-state index contributed by atoms with van der Waals surface area (Å²) in [5, 5.41) is 0. The van der Waals surface area contributed by atoms with E-state index in [1.54, 1.807) is 0 Å². The molecule has 0 bridgehead atoms. The molecular formula is C12H20N2O2. The molecule has 4 heteroatoms. The van der Waals surface area contributed by atoms with Crippen LogP contribution in [-0.4, -0.2) is 42.6 Å². The molecule has 2 aliphatic rings. The van der Waals surface area contributed by atoms with Gasteiger partial charge >= 0.3 is 0 Å². The van der Waals surface area contributed by atoms with Crippen molar-refractivity contribution in [1.29, 1.82) is 0 Å². The molecule has 90 valence electrons. The molecule has 1 heterocycles. The van der Waals surface area contributed by atoms with Gasteiger partial charge in [-0.15, -0.1) is 0 Å². The summed E-state index contributed by atoms with van der Waals surface area (Å²) in [5.74, 6) is 0.205. The quantitative estimate of drug-likeness (QED) is 0.696. The second-order valence-electron chi connectivity index (χ2n) is 4.58. The Morgan fingerprint density at radius 2 is 2.38 bits per heavy atom. The first-order valence-electron chi connectivity index (χ1n) is 6.05. The molecule has 3 atom stereocenters. The molecule has 16 heavy (non-hydrogen) atoms. The third kappa shape index (κ3) is 2.44. The summed E-state index contributed by atoms with van der Waals surface area (Å²) in [7, 11) is 0. The maximum Gasteiger partial charge on any atom is 0.229 e. The SMILES string of the molecule is CCC1CN(C(=O)C2C=CC(N)C2)CCO1. The van der Waals surface area contributed by atoms with Gasteiger partial charge in [-0.1, -0.05) is 19.1 Å². The minimum Gasteiger partial charge on any atom is -0.375 e. The van der Waals surface area contributed by atoms with Crippen LogP contribution >= 0.6 is 0 Å². The summed E-state index contributed by atoms with van der Waals surface area (Å²) >= 11 is 0. The smallest absolute Gasteiger partial charge is 0.229 e. The normalized spacial score (nSPS) is 34.4. The monoisotopic (exact) mass is 224 g/mol. The van der Waals surface area contributed by atoms with Crippen molar-refractivity contribution in [2.75, 3.05) is 19.7 Å². The van der Waals surface area contributed by atoms with Gasteiger partial charge in [-0.3, -0.25) is 4.79 Å². The average Bonchev–Trinajstić information content (AvgIpc) is 2.75. The van der Waals surface area contributed by atoms with Crippen LogP contribution in [0.1, 0.15) is 19.8 Å². The Kier molecular flexibility index (Phi) is 3.61. The van der Waals surface area contributed by atoms with Crippen molar-refractivity contribution in [2.24, 2.45) is 11.7 Å². The van der Waals surface area contributed by atoms with E-state index >= 15 is 0 Å². The van der Waals surface area contributed by atoms with Gasteiger partial charge in [-0.2, -0.15) is 0 Å². The zero-order chi connectivity index (χ0) is 11.5. The van der Waals surface area contributed by atoms with Gasteiger partial charge in [0.1, 0.15) is 0 Å². The van der Waals surface area contributed by atoms with Gasteiger partial charge in [-0.25, -0.2) is 0 Å². The fraction of sp³-hybridized carbons (Fsp3) is 0.750. The second-order valence-corrected chi connectivity index (χ2v) is 4.58. The first-order chi connectivity index (χ1) is 7.70. The molecule has 3 unspecified atom stereocenters. The lowest BCUT2D eigenvalue weighted by Crippen LogP contribution is -2.47. The van der Waals surface area contributed by atoms with Gasteiger partial charge in [0.2, 0.25) is 5.91 Å². The van der Waals surface area contributed by atoms with Gasteiger partial charge in [0.05, 0.1) is 18.6 Å². The van der Waals surface area contributed by atoms with Crippen LogP contribution in [0.4, 0.5) is 0 Å². The Hall–Kier alpha value is -0.870. The standard InChI is InChI=1S/C12H20N2O2/c1-2-11-8-14(5-6-16-11)12(15)9-3-4-10(13)7-9/h3-4,9-11H,2,5-8,13H2,1H3. The third-order valence-electron chi connectivity index (χ3n) is 3.34. The molecule has 1 fully saturated rings. The largest absolute Gasteiger partial charge is 0.375 e. The summed E-state index contributed by atoms with van der Waals surface area (Å²) in [6.07, 6.45) is 5.80. The number of hydrogen-bond acceptors (Lipinski definition) is 3. The number of ether oxygens (including phenoxy) is 1. The van der Waals surface area contributed by atoms with Gasteiger partial charge in [0.25, 0.3) is 0 Å². The number of rotatable bonds is 2. The van der Waals surface area contributed by atoms with Gasteiger partial charge in [0, 0.05) is 19.1 Å². The molecule has 0 radical (unpaired) electrons. The van der Waals surface area contributed by atoms with Crippen molar-refractivity contribution in [2.45, 2.75) is 31.9 Å². The molecular weight excluding hydrogens is 204 g/mol. The summed E-state index contributed by atoms with van der Waals surface area (Å²) in [5.41, 5.74) is 5.76. The average molecular weight is 224 g/mol. The summed E-state index contributed by atoms with van der Waals surface area (Å²) in [6, 6.07) is 0.0527. The van der Waals surface area contributed by atoms with Crippen LogP contribution in [0.3, 0.4) is 0 Å². The number of morpholine rings is 1. The Morgan fingerprint density at radius 1 is 1.56 bits per heavy atom. The highest BCUT2D eigenvalue weighted by Gasteiger charge is 2.30. The molecule has 1 saturated heterocycles. The lowest BCUT2D eigenvalue weighted by molar-refractivity contribution is -0.141. The van der Waals surface area contributed by atoms with E-state index < -0.39 is 0 Å². The van der Waals surface area contributed by atoms with Crippen LogP contribution in [0.25, 0.3) is 0 Å². The number of nitrogens with zero attached hydrogens (tertiary/aromatic N) is 1. The summed E-state index contributed by atoms with van der Waals surface area (Å²) in [4.78, 5) is 14.1. The zero-order valence-electron chi connectivity index (χ0n) is 9.76. The fourth-order valence-electron chi connectivity index (χ4n) is 2.31. The van der Waals surface area contributed by atoms with E-state index in [4.69, 9.17) is 10.5 Å². The predicted molar refractivity (Wildman–Crippen MR) is 61.8 cm³/mol. The van der Waals surface area contributed by atoms with Crippen LogP contribution < -0.4 is 5.73 Å². The summed E-state index contributed by atoms with van der Waals surface area (Å²) in [6.45, 7) is 4.20. The maximum atomic E-state index is 12.2. The Bertz CT molecular complexity index is 291. The van der Waals surface area contributed by atoms with Gasteiger partial charge in [-0.05, 0) is 12.8 Å². The Morgan fingerprint density at radius 3 is 3.00 bits per heavy atom. The molecule has 2 rings (SSSR count). The van der Waals surface area contributed by atoms with Crippen LogP contribution in [0, 0.1) is 5.92 Å². The van der Waals surface area contributed by atoms with Crippen LogP contribution in [0.2, 0.25) is 0 Å². The van der Waals surface area contributed by atoms with Crippen LogP contribution in [0.15, 0.2) is 12.2 Å². The minimum absolute atomic E-state index is 0.00870. The fourth-order valence-corrected chi connectivity index (χ4v) is 2.31. The van der Waals surface area contributed by atoms with E-state index in [9.17, 15) is 4.79 Å². The molecule has 0 aromatic heterocycles. The molecule has 0 saturated carbocycles. The number of amides is 1. The van der Waals surface area contributed by atoms with Crippen molar-refractivity contribution < 1.29 is 9.53 Å². The van der Waals surface area contributed by atoms with E-state index in [-0.39, 0.29) is 24.0 Å². The van der Waals surface area contributed by atoms with E-state index in [1.807, 2.05) is 17.1 Å². The highest BCUT2D eigenvalue weighted by molar-refractivity contribution is 5.81. The molecule has 0 aromatic rings. The van der Waals surface area contributed by atoms with Gasteiger partial charge < -0.3 is 15.4 Å². The molecule has 1 aliphatic carbocycles. The number of carbonyl (C=O) groups is 1. The Labute approximate surface area is 96.4 Å². The molecule has 0 spiro atoms. The van der Waals surface area contributed by atoms with Crippen molar-refractivity contribution in [1.82, 2.24) is 4.90 Å². The van der Waals surface area contributed by atoms with Crippen molar-refractivity contribution in [3.05, 3.63) is 12.2 Å². The number of carbonyl (C=O) groups excluding carboxylic acids is 1. The Balaban J connectivity index is 1.91. The zero-order valence-corrected chi connectivity index (χ0v) is 9.76. The van der Waals surface area contributed by atoms with Crippen LogP contribution in [0.5, 0.6) is 0 Å². The van der Waals surface area contributed by atoms with E-state index in [0.29, 0.717) is 6.61 Å². The predicted octanol–water partition coefficient (Wildman–Crippen LogP) is 0.527.